The minimum absolute atomic E-state index is 0.0967. The number of nitrogens with one attached hydrogen (secondary N) is 1. The summed E-state index contributed by atoms with van der Waals surface area (Å²) in [6.45, 7) is 2.12. The van der Waals surface area contributed by atoms with Crippen molar-refractivity contribution in [1.29, 1.82) is 0 Å². The van der Waals surface area contributed by atoms with E-state index in [1.807, 2.05) is 53.9 Å². The van der Waals surface area contributed by atoms with Crippen molar-refractivity contribution in [1.82, 2.24) is 24.7 Å². The molecule has 166 valence electrons. The Kier molecular flexibility index (Phi) is 5.09. The fourth-order valence-corrected chi connectivity index (χ4v) is 3.93. The van der Waals surface area contributed by atoms with Crippen molar-refractivity contribution < 1.29 is 19.4 Å². The molecular formula is C23H20N6O4. The topological polar surface area (TPSA) is 122 Å². The van der Waals surface area contributed by atoms with Crippen molar-refractivity contribution in [3.8, 4) is 28.3 Å². The number of hydrogen-bond acceptors (Lipinski definition) is 6. The maximum Gasteiger partial charge on any atom is 0.404 e. The largest absolute Gasteiger partial charge is 0.482 e. The molecule has 1 aliphatic rings. The third-order valence-electron chi connectivity index (χ3n) is 5.36. The molecule has 1 aromatic carbocycles. The summed E-state index contributed by atoms with van der Waals surface area (Å²) < 4.78 is 7.51. The highest BCUT2D eigenvalue weighted by molar-refractivity contribution is 5.99. The standard InChI is InChI=1S/C23H20N6O4/c1-14-11-15(5-7-24-14)20-21(29-9-2-6-25-22(29)27-20)16-3-4-18-17(12-16)28(19(30)13-33-18)10-8-26-23(31)32/h2-7,9,11-12,26H,8,10,13H2,1H3,(H,31,32). The Morgan fingerprint density at radius 2 is 2.06 bits per heavy atom. The molecule has 4 heterocycles. The van der Waals surface area contributed by atoms with Crippen LogP contribution in [-0.4, -0.2) is 56.2 Å². The van der Waals surface area contributed by atoms with Crippen molar-refractivity contribution in [2.24, 2.45) is 0 Å². The fraction of sp³-hybridized carbons (Fsp3) is 0.174. The molecule has 0 spiro atoms. The van der Waals surface area contributed by atoms with Gasteiger partial charge in [0, 0.05) is 48.5 Å². The summed E-state index contributed by atoms with van der Waals surface area (Å²) in [7, 11) is 0. The molecular weight excluding hydrogens is 424 g/mol. The molecule has 1 aliphatic heterocycles. The molecule has 10 nitrogen and oxygen atoms in total. The third kappa shape index (κ3) is 3.82. The van der Waals surface area contributed by atoms with Crippen LogP contribution in [0, 0.1) is 6.92 Å². The quantitative estimate of drug-likeness (QED) is 0.485. The predicted molar refractivity (Wildman–Crippen MR) is 120 cm³/mol. The summed E-state index contributed by atoms with van der Waals surface area (Å²) in [4.78, 5) is 38.4. The van der Waals surface area contributed by atoms with E-state index in [2.05, 4.69) is 15.3 Å². The number of fused-ring (bicyclic) bond motifs is 2. The highest BCUT2D eigenvalue weighted by Gasteiger charge is 2.27. The number of hydrogen-bond donors (Lipinski definition) is 2. The van der Waals surface area contributed by atoms with E-state index >= 15 is 0 Å². The minimum Gasteiger partial charge on any atom is -0.482 e. The molecule has 10 heteroatoms. The summed E-state index contributed by atoms with van der Waals surface area (Å²) >= 11 is 0. The van der Waals surface area contributed by atoms with Gasteiger partial charge in [0.05, 0.1) is 17.1 Å². The van der Waals surface area contributed by atoms with Gasteiger partial charge in [-0.05, 0) is 43.3 Å². The van der Waals surface area contributed by atoms with E-state index in [1.165, 1.54) is 4.90 Å². The number of carbonyl (C=O) groups is 2. The molecule has 0 bridgehead atoms. The van der Waals surface area contributed by atoms with E-state index in [4.69, 9.17) is 14.8 Å². The van der Waals surface area contributed by atoms with E-state index in [9.17, 15) is 9.59 Å². The normalized spacial score (nSPS) is 13.0. The maximum absolute atomic E-state index is 12.6. The highest BCUT2D eigenvalue weighted by atomic mass is 16.5. The van der Waals surface area contributed by atoms with Gasteiger partial charge in [0.1, 0.15) is 5.75 Å². The molecule has 3 aromatic heterocycles. The zero-order valence-electron chi connectivity index (χ0n) is 17.7. The molecule has 2 amide bonds. The van der Waals surface area contributed by atoms with Crippen LogP contribution in [0.15, 0.2) is 55.0 Å². The summed E-state index contributed by atoms with van der Waals surface area (Å²) in [5.41, 5.74) is 4.70. The van der Waals surface area contributed by atoms with E-state index in [0.717, 1.165) is 28.2 Å². The first-order valence-corrected chi connectivity index (χ1v) is 10.3. The van der Waals surface area contributed by atoms with E-state index in [0.29, 0.717) is 17.2 Å². The van der Waals surface area contributed by atoms with Crippen molar-refractivity contribution >= 4 is 23.5 Å². The number of amides is 2. The average Bonchev–Trinajstić information content (AvgIpc) is 3.20. The SMILES string of the molecule is Cc1cc(-c2nc3ncccn3c2-c2ccc3c(c2)N(CCNC(=O)O)C(=O)CO3)ccn1. The predicted octanol–water partition coefficient (Wildman–Crippen LogP) is 2.76. The second-order valence-electron chi connectivity index (χ2n) is 7.53. The van der Waals surface area contributed by atoms with Gasteiger partial charge in [-0.3, -0.25) is 14.2 Å². The summed E-state index contributed by atoms with van der Waals surface area (Å²) in [6.07, 6.45) is 4.17. The fourth-order valence-electron chi connectivity index (χ4n) is 3.93. The minimum atomic E-state index is -1.14. The van der Waals surface area contributed by atoms with E-state index in [1.54, 1.807) is 12.4 Å². The Hall–Kier alpha value is -4.47. The van der Waals surface area contributed by atoms with Gasteiger partial charge in [-0.2, -0.15) is 0 Å². The van der Waals surface area contributed by atoms with Gasteiger partial charge in [0.25, 0.3) is 5.91 Å². The number of carbonyl (C=O) groups excluding carboxylic acids is 1. The number of ether oxygens (including phenoxy) is 1. The zero-order valence-corrected chi connectivity index (χ0v) is 17.7. The number of aromatic nitrogens is 4. The molecule has 0 radical (unpaired) electrons. The first-order chi connectivity index (χ1) is 16.0. The first-order valence-electron chi connectivity index (χ1n) is 10.3. The number of pyridine rings is 1. The summed E-state index contributed by atoms with van der Waals surface area (Å²) in [5, 5.41) is 11.2. The van der Waals surface area contributed by atoms with Crippen molar-refractivity contribution in [3.63, 3.8) is 0 Å². The Morgan fingerprint density at radius 3 is 2.88 bits per heavy atom. The second kappa shape index (κ2) is 8.23. The Bertz CT molecular complexity index is 1380. The second-order valence-corrected chi connectivity index (χ2v) is 7.53. The van der Waals surface area contributed by atoms with Gasteiger partial charge in [-0.15, -0.1) is 0 Å². The van der Waals surface area contributed by atoms with Crippen LogP contribution < -0.4 is 15.0 Å². The number of rotatable bonds is 5. The maximum atomic E-state index is 12.6. The summed E-state index contributed by atoms with van der Waals surface area (Å²) in [6, 6.07) is 11.3. The third-order valence-corrected chi connectivity index (χ3v) is 5.36. The Balaban J connectivity index is 1.64. The van der Waals surface area contributed by atoms with Crippen LogP contribution in [0.5, 0.6) is 5.75 Å². The molecule has 2 N–H and O–H groups in total. The molecule has 0 aliphatic carbocycles. The van der Waals surface area contributed by atoms with Crippen LogP contribution in [0.25, 0.3) is 28.3 Å². The van der Waals surface area contributed by atoms with Crippen LogP contribution in [0.2, 0.25) is 0 Å². The lowest BCUT2D eigenvalue weighted by Crippen LogP contribution is -2.43. The number of benzene rings is 1. The number of aryl methyl sites for hydroxylation is 1. The van der Waals surface area contributed by atoms with Crippen molar-refractivity contribution in [3.05, 3.63) is 60.7 Å². The number of anilines is 1. The van der Waals surface area contributed by atoms with Gasteiger partial charge in [-0.25, -0.2) is 14.8 Å². The molecule has 4 aromatic rings. The lowest BCUT2D eigenvalue weighted by molar-refractivity contribution is -0.121. The number of carboxylic acid groups (broad SMARTS) is 1. The molecule has 0 saturated carbocycles. The van der Waals surface area contributed by atoms with Crippen LogP contribution in [0.4, 0.5) is 10.5 Å². The molecule has 0 fully saturated rings. The van der Waals surface area contributed by atoms with Gasteiger partial charge in [0.15, 0.2) is 6.61 Å². The summed E-state index contributed by atoms with van der Waals surface area (Å²) in [5.74, 6) is 0.864. The van der Waals surface area contributed by atoms with Crippen LogP contribution >= 0.6 is 0 Å². The van der Waals surface area contributed by atoms with Crippen molar-refractivity contribution in [2.75, 3.05) is 24.6 Å². The van der Waals surface area contributed by atoms with E-state index < -0.39 is 6.09 Å². The Labute approximate surface area is 188 Å². The van der Waals surface area contributed by atoms with Gasteiger partial charge < -0.3 is 20.1 Å². The highest BCUT2D eigenvalue weighted by Crippen LogP contribution is 2.39. The lowest BCUT2D eigenvalue weighted by Gasteiger charge is -2.29. The first kappa shape index (κ1) is 20.4. The van der Waals surface area contributed by atoms with Crippen LogP contribution in [0.3, 0.4) is 0 Å². The van der Waals surface area contributed by atoms with Gasteiger partial charge in [0.2, 0.25) is 5.78 Å². The zero-order chi connectivity index (χ0) is 22.9. The lowest BCUT2D eigenvalue weighted by atomic mass is 10.0. The molecule has 0 unspecified atom stereocenters. The molecule has 0 saturated heterocycles. The Morgan fingerprint density at radius 1 is 1.18 bits per heavy atom. The van der Waals surface area contributed by atoms with Crippen molar-refractivity contribution in [2.45, 2.75) is 6.92 Å². The smallest absolute Gasteiger partial charge is 0.404 e. The van der Waals surface area contributed by atoms with Crippen LogP contribution in [-0.2, 0) is 4.79 Å². The molecule has 33 heavy (non-hydrogen) atoms. The monoisotopic (exact) mass is 444 g/mol. The number of imidazole rings is 1. The van der Waals surface area contributed by atoms with Gasteiger partial charge in [-0.1, -0.05) is 0 Å². The average molecular weight is 444 g/mol. The molecule has 5 rings (SSSR count). The molecule has 0 atom stereocenters. The van der Waals surface area contributed by atoms with Gasteiger partial charge >= 0.3 is 6.09 Å². The van der Waals surface area contributed by atoms with E-state index in [-0.39, 0.29) is 25.6 Å². The van der Waals surface area contributed by atoms with Crippen LogP contribution in [0.1, 0.15) is 5.69 Å². The number of nitrogens with zero attached hydrogens (tertiary/aromatic N) is 5.